The Morgan fingerprint density at radius 3 is 2.62 bits per heavy atom. The molecule has 0 atom stereocenters. The summed E-state index contributed by atoms with van der Waals surface area (Å²) < 4.78 is 4.63. The Morgan fingerprint density at radius 1 is 1.44 bits per heavy atom. The maximum Gasteiger partial charge on any atom is 0.337 e. The first-order chi connectivity index (χ1) is 7.79. The molecule has 0 spiro atoms. The summed E-state index contributed by atoms with van der Waals surface area (Å²) in [5, 5.41) is 6.57. The minimum absolute atomic E-state index is 0.297. The van der Waals surface area contributed by atoms with E-state index >= 15 is 0 Å². The number of anilines is 1. The lowest BCUT2D eigenvalue weighted by atomic mass is 10.0. The Balaban J connectivity index is 1.88. The molecule has 1 aliphatic rings. The Labute approximate surface area is 95.0 Å². The topological polar surface area (TPSA) is 50.4 Å². The number of carbonyl (C=O) groups is 1. The predicted molar refractivity (Wildman–Crippen MR) is 62.6 cm³/mol. The summed E-state index contributed by atoms with van der Waals surface area (Å²) in [5.74, 6) is 0.426. The zero-order valence-electron chi connectivity index (χ0n) is 9.32. The van der Waals surface area contributed by atoms with Gasteiger partial charge in [0.2, 0.25) is 0 Å². The van der Waals surface area contributed by atoms with Crippen LogP contribution in [-0.4, -0.2) is 32.7 Å². The molecule has 0 radical (unpaired) electrons. The van der Waals surface area contributed by atoms with Gasteiger partial charge in [-0.15, -0.1) is 0 Å². The Morgan fingerprint density at radius 2 is 2.12 bits per heavy atom. The van der Waals surface area contributed by atoms with Gasteiger partial charge < -0.3 is 15.4 Å². The van der Waals surface area contributed by atoms with Gasteiger partial charge >= 0.3 is 5.97 Å². The Hall–Kier alpha value is -1.55. The molecule has 0 amide bonds. The van der Waals surface area contributed by atoms with E-state index in [0.717, 1.165) is 31.2 Å². The predicted octanol–water partition coefficient (Wildman–Crippen LogP) is 1.10. The van der Waals surface area contributed by atoms with Crippen LogP contribution in [0.25, 0.3) is 0 Å². The Kier molecular flexibility index (Phi) is 3.41. The normalized spacial score (nSPS) is 15.3. The minimum Gasteiger partial charge on any atom is -0.465 e. The van der Waals surface area contributed by atoms with Crippen molar-refractivity contribution in [3.05, 3.63) is 29.8 Å². The summed E-state index contributed by atoms with van der Waals surface area (Å²) in [6.45, 7) is 3.16. The van der Waals surface area contributed by atoms with Crippen molar-refractivity contribution in [2.24, 2.45) is 5.92 Å². The van der Waals surface area contributed by atoms with E-state index in [-0.39, 0.29) is 5.97 Å². The number of hydrogen-bond donors (Lipinski definition) is 2. The van der Waals surface area contributed by atoms with Crippen LogP contribution in [-0.2, 0) is 4.74 Å². The van der Waals surface area contributed by atoms with Crippen LogP contribution in [0.2, 0.25) is 0 Å². The quantitative estimate of drug-likeness (QED) is 0.746. The van der Waals surface area contributed by atoms with Crippen molar-refractivity contribution in [2.75, 3.05) is 32.1 Å². The molecular weight excluding hydrogens is 204 g/mol. The summed E-state index contributed by atoms with van der Waals surface area (Å²) in [4.78, 5) is 11.2. The van der Waals surface area contributed by atoms with Gasteiger partial charge in [-0.25, -0.2) is 4.79 Å². The molecule has 0 aliphatic carbocycles. The molecule has 1 aromatic rings. The molecule has 0 saturated carbocycles. The van der Waals surface area contributed by atoms with Crippen LogP contribution >= 0.6 is 0 Å². The minimum atomic E-state index is -0.297. The number of rotatable bonds is 4. The third-order valence-corrected chi connectivity index (χ3v) is 2.77. The van der Waals surface area contributed by atoms with Gasteiger partial charge in [0.05, 0.1) is 12.7 Å². The van der Waals surface area contributed by atoms with Gasteiger partial charge in [0.25, 0.3) is 0 Å². The molecule has 1 heterocycles. The summed E-state index contributed by atoms with van der Waals surface area (Å²) >= 11 is 0. The van der Waals surface area contributed by atoms with Gasteiger partial charge in [-0.2, -0.15) is 0 Å². The first-order valence-electron chi connectivity index (χ1n) is 5.42. The molecule has 1 fully saturated rings. The van der Waals surface area contributed by atoms with E-state index < -0.39 is 0 Å². The summed E-state index contributed by atoms with van der Waals surface area (Å²) in [7, 11) is 1.39. The highest BCUT2D eigenvalue weighted by Gasteiger charge is 2.15. The molecule has 86 valence electrons. The maximum atomic E-state index is 11.2. The molecule has 4 heteroatoms. The van der Waals surface area contributed by atoms with E-state index in [1.807, 2.05) is 12.1 Å². The molecule has 2 N–H and O–H groups in total. The van der Waals surface area contributed by atoms with Crippen LogP contribution in [0.4, 0.5) is 5.69 Å². The highest BCUT2D eigenvalue weighted by molar-refractivity contribution is 5.89. The second-order valence-electron chi connectivity index (χ2n) is 3.97. The maximum absolute atomic E-state index is 11.2. The molecule has 0 bridgehead atoms. The zero-order chi connectivity index (χ0) is 11.4. The van der Waals surface area contributed by atoms with Crippen molar-refractivity contribution in [1.82, 2.24) is 5.32 Å². The number of carbonyl (C=O) groups excluding carboxylic acids is 1. The summed E-state index contributed by atoms with van der Waals surface area (Å²) in [6.07, 6.45) is 0. The lowest BCUT2D eigenvalue weighted by Crippen LogP contribution is -2.45. The highest BCUT2D eigenvalue weighted by atomic mass is 16.5. The molecule has 16 heavy (non-hydrogen) atoms. The van der Waals surface area contributed by atoms with Gasteiger partial charge in [-0.05, 0) is 24.3 Å². The van der Waals surface area contributed by atoms with Crippen LogP contribution in [0, 0.1) is 5.92 Å². The van der Waals surface area contributed by atoms with Crippen LogP contribution in [0.15, 0.2) is 24.3 Å². The van der Waals surface area contributed by atoms with Crippen LogP contribution in [0.5, 0.6) is 0 Å². The van der Waals surface area contributed by atoms with Gasteiger partial charge in [-0.3, -0.25) is 0 Å². The number of nitrogens with one attached hydrogen (secondary N) is 2. The molecular formula is C12H16N2O2. The third kappa shape index (κ3) is 2.52. The molecule has 2 rings (SSSR count). The molecule has 4 nitrogen and oxygen atoms in total. The largest absolute Gasteiger partial charge is 0.465 e. The van der Waals surface area contributed by atoms with Crippen LogP contribution in [0.1, 0.15) is 10.4 Å². The molecule has 0 aromatic heterocycles. The summed E-state index contributed by atoms with van der Waals surface area (Å²) in [6, 6.07) is 7.34. The van der Waals surface area contributed by atoms with Crippen molar-refractivity contribution >= 4 is 11.7 Å². The fraction of sp³-hybridized carbons (Fsp3) is 0.417. The second kappa shape index (κ2) is 4.99. The van der Waals surface area contributed by atoms with Crippen molar-refractivity contribution in [1.29, 1.82) is 0 Å². The third-order valence-electron chi connectivity index (χ3n) is 2.77. The second-order valence-corrected chi connectivity index (χ2v) is 3.97. The van der Waals surface area contributed by atoms with Crippen molar-refractivity contribution in [3.8, 4) is 0 Å². The van der Waals surface area contributed by atoms with Gasteiger partial charge in [0, 0.05) is 31.2 Å². The lowest BCUT2D eigenvalue weighted by Gasteiger charge is -2.27. The van der Waals surface area contributed by atoms with Crippen molar-refractivity contribution in [2.45, 2.75) is 0 Å². The van der Waals surface area contributed by atoms with E-state index in [1.165, 1.54) is 7.11 Å². The fourth-order valence-corrected chi connectivity index (χ4v) is 1.60. The first-order valence-corrected chi connectivity index (χ1v) is 5.42. The van der Waals surface area contributed by atoms with E-state index in [0.29, 0.717) is 5.56 Å². The van der Waals surface area contributed by atoms with E-state index in [2.05, 4.69) is 15.4 Å². The Bertz CT molecular complexity index is 358. The SMILES string of the molecule is COC(=O)c1ccc(NCC2CNC2)cc1. The van der Waals surface area contributed by atoms with E-state index in [1.54, 1.807) is 12.1 Å². The number of benzene rings is 1. The monoisotopic (exact) mass is 220 g/mol. The van der Waals surface area contributed by atoms with Gasteiger partial charge in [0.15, 0.2) is 0 Å². The number of hydrogen-bond acceptors (Lipinski definition) is 4. The fourth-order valence-electron chi connectivity index (χ4n) is 1.60. The molecule has 1 aromatic carbocycles. The number of ether oxygens (including phenoxy) is 1. The average Bonchev–Trinajstić information content (AvgIpc) is 2.27. The standard InChI is InChI=1S/C12H16N2O2/c1-16-12(15)10-2-4-11(5-3-10)14-8-9-6-13-7-9/h2-5,9,13-14H,6-8H2,1H3. The van der Waals surface area contributed by atoms with Gasteiger partial charge in [-0.1, -0.05) is 0 Å². The molecule has 1 saturated heterocycles. The van der Waals surface area contributed by atoms with Gasteiger partial charge in [0.1, 0.15) is 0 Å². The summed E-state index contributed by atoms with van der Waals surface area (Å²) in [5.41, 5.74) is 1.62. The van der Waals surface area contributed by atoms with Crippen molar-refractivity contribution in [3.63, 3.8) is 0 Å². The van der Waals surface area contributed by atoms with Crippen LogP contribution in [0.3, 0.4) is 0 Å². The lowest BCUT2D eigenvalue weighted by molar-refractivity contribution is 0.0601. The first kappa shape index (κ1) is 11.0. The molecule has 1 aliphatic heterocycles. The van der Waals surface area contributed by atoms with E-state index in [4.69, 9.17) is 0 Å². The zero-order valence-corrected chi connectivity index (χ0v) is 9.32. The number of esters is 1. The van der Waals surface area contributed by atoms with Crippen molar-refractivity contribution < 1.29 is 9.53 Å². The van der Waals surface area contributed by atoms with Crippen LogP contribution < -0.4 is 10.6 Å². The molecule has 0 unspecified atom stereocenters. The highest BCUT2D eigenvalue weighted by Crippen LogP contribution is 2.12. The van der Waals surface area contributed by atoms with E-state index in [9.17, 15) is 4.79 Å². The average molecular weight is 220 g/mol. The number of methoxy groups -OCH3 is 1. The smallest absolute Gasteiger partial charge is 0.337 e.